The van der Waals surface area contributed by atoms with Crippen LogP contribution < -0.4 is 4.74 Å². The van der Waals surface area contributed by atoms with Crippen LogP contribution in [0.1, 0.15) is 33.3 Å². The fourth-order valence-electron chi connectivity index (χ4n) is 1.60. The first kappa shape index (κ1) is 16.0. The highest BCUT2D eigenvalue weighted by Gasteiger charge is 2.24. The monoisotopic (exact) mass is 237 g/mol. The molecule has 0 aliphatic carbocycles. The number of likely N-dealkylation sites (tertiary alicyclic amines) is 1. The summed E-state index contributed by atoms with van der Waals surface area (Å²) in [5.74, 6) is 0.998. The van der Waals surface area contributed by atoms with Crippen molar-refractivity contribution in [1.29, 1.82) is 0 Å². The molecule has 1 aromatic carbocycles. The molecule has 1 fully saturated rings. The Morgan fingerprint density at radius 2 is 1.71 bits per heavy atom. The van der Waals surface area contributed by atoms with Crippen LogP contribution in [-0.2, 0) is 0 Å². The van der Waals surface area contributed by atoms with Gasteiger partial charge in [-0.25, -0.2) is 0 Å². The van der Waals surface area contributed by atoms with Gasteiger partial charge in [-0.3, -0.25) is 4.90 Å². The van der Waals surface area contributed by atoms with Gasteiger partial charge in [0.1, 0.15) is 11.9 Å². The quantitative estimate of drug-likeness (QED) is 0.777. The molecule has 1 aromatic rings. The Bertz CT molecular complexity index is 293. The van der Waals surface area contributed by atoms with Crippen LogP contribution in [0.4, 0.5) is 0 Å². The molecule has 0 radical (unpaired) electrons. The molecule has 98 valence electrons. The van der Waals surface area contributed by atoms with Gasteiger partial charge >= 0.3 is 0 Å². The van der Waals surface area contributed by atoms with Crippen molar-refractivity contribution in [1.82, 2.24) is 4.90 Å². The lowest BCUT2D eigenvalue weighted by Crippen LogP contribution is -2.51. The first-order valence-electron chi connectivity index (χ1n) is 6.66. The van der Waals surface area contributed by atoms with Gasteiger partial charge in [-0.05, 0) is 31.7 Å². The average molecular weight is 237 g/mol. The van der Waals surface area contributed by atoms with Crippen molar-refractivity contribution >= 4 is 0 Å². The van der Waals surface area contributed by atoms with E-state index in [4.69, 9.17) is 4.74 Å². The van der Waals surface area contributed by atoms with E-state index in [1.54, 1.807) is 0 Å². The van der Waals surface area contributed by atoms with E-state index in [0.29, 0.717) is 6.10 Å². The summed E-state index contributed by atoms with van der Waals surface area (Å²) in [6.07, 6.45) is 0.395. The fourth-order valence-corrected chi connectivity index (χ4v) is 1.60. The molecular formula is C15H27NO. The molecule has 0 N–H and O–H groups in total. The lowest BCUT2D eigenvalue weighted by molar-refractivity contribution is 0.0388. The Balaban J connectivity index is 0.000000581. The van der Waals surface area contributed by atoms with Crippen LogP contribution in [0.5, 0.6) is 5.75 Å². The minimum absolute atomic E-state index is 0.395. The molecule has 0 amide bonds. The van der Waals surface area contributed by atoms with Gasteiger partial charge in [0.2, 0.25) is 0 Å². The second-order valence-corrected chi connectivity index (χ2v) is 3.78. The molecule has 1 aliphatic rings. The molecule has 1 heterocycles. The minimum Gasteiger partial charge on any atom is -0.488 e. The summed E-state index contributed by atoms with van der Waals surface area (Å²) in [4.78, 5) is 2.25. The van der Waals surface area contributed by atoms with E-state index < -0.39 is 0 Å². The Hall–Kier alpha value is -1.02. The molecule has 17 heavy (non-hydrogen) atoms. The first-order valence-corrected chi connectivity index (χ1v) is 6.66. The predicted molar refractivity (Wildman–Crippen MR) is 75.8 cm³/mol. The van der Waals surface area contributed by atoms with Crippen molar-refractivity contribution in [2.24, 2.45) is 0 Å². The van der Waals surface area contributed by atoms with Crippen molar-refractivity contribution < 1.29 is 4.74 Å². The van der Waals surface area contributed by atoms with Crippen molar-refractivity contribution in [3.05, 3.63) is 29.8 Å². The first-order chi connectivity index (χ1) is 8.24. The highest BCUT2D eigenvalue weighted by molar-refractivity contribution is 5.27. The van der Waals surface area contributed by atoms with Crippen molar-refractivity contribution in [3.8, 4) is 5.75 Å². The van der Waals surface area contributed by atoms with Gasteiger partial charge in [-0.1, -0.05) is 39.8 Å². The number of nitrogens with zero attached hydrogens (tertiary/aromatic N) is 1. The number of likely N-dealkylation sites (N-methyl/N-ethyl adjacent to an activating group) is 1. The normalized spacial score (nSPS) is 14.7. The Morgan fingerprint density at radius 3 is 2.18 bits per heavy atom. The van der Waals surface area contributed by atoms with E-state index in [2.05, 4.69) is 31.0 Å². The van der Waals surface area contributed by atoms with Crippen molar-refractivity contribution in [2.45, 2.75) is 40.7 Å². The zero-order chi connectivity index (χ0) is 13.3. The molecule has 2 nitrogen and oxygen atoms in total. The van der Waals surface area contributed by atoms with Gasteiger partial charge in [0, 0.05) is 13.1 Å². The van der Waals surface area contributed by atoms with Gasteiger partial charge in [0.05, 0.1) is 0 Å². The van der Waals surface area contributed by atoms with Crippen LogP contribution in [0.2, 0.25) is 0 Å². The molecular weight excluding hydrogens is 210 g/mol. The SMILES string of the molecule is CC.CC.Cc1cccc(OC2CN(C)C2)c1. The molecule has 0 spiro atoms. The van der Waals surface area contributed by atoms with Crippen LogP contribution in [0.3, 0.4) is 0 Å². The second kappa shape index (κ2) is 9.06. The highest BCUT2D eigenvalue weighted by Crippen LogP contribution is 2.17. The van der Waals surface area contributed by atoms with E-state index >= 15 is 0 Å². The summed E-state index contributed by atoms with van der Waals surface area (Å²) in [5.41, 5.74) is 1.25. The third kappa shape index (κ3) is 5.73. The Kier molecular flexibility index (Phi) is 8.51. The number of benzene rings is 1. The maximum Gasteiger partial charge on any atom is 0.124 e. The van der Waals surface area contributed by atoms with Gasteiger partial charge in [-0.2, -0.15) is 0 Å². The molecule has 2 rings (SSSR count). The molecule has 0 aromatic heterocycles. The van der Waals surface area contributed by atoms with Crippen LogP contribution >= 0.6 is 0 Å². The molecule has 1 saturated heterocycles. The van der Waals surface area contributed by atoms with E-state index in [1.807, 2.05) is 39.8 Å². The lowest BCUT2D eigenvalue weighted by atomic mass is 10.2. The van der Waals surface area contributed by atoms with Crippen molar-refractivity contribution in [3.63, 3.8) is 0 Å². The molecule has 0 saturated carbocycles. The largest absolute Gasteiger partial charge is 0.488 e. The highest BCUT2D eigenvalue weighted by atomic mass is 16.5. The van der Waals surface area contributed by atoms with Crippen LogP contribution in [0.25, 0.3) is 0 Å². The molecule has 0 unspecified atom stereocenters. The predicted octanol–water partition coefficient (Wildman–Crippen LogP) is 3.74. The third-order valence-electron chi connectivity index (χ3n) is 2.32. The average Bonchev–Trinajstić information content (AvgIpc) is 2.32. The van der Waals surface area contributed by atoms with E-state index in [-0.39, 0.29) is 0 Å². The van der Waals surface area contributed by atoms with E-state index in [1.165, 1.54) is 5.56 Å². The Morgan fingerprint density at radius 1 is 1.12 bits per heavy atom. The molecule has 2 heteroatoms. The van der Waals surface area contributed by atoms with Crippen LogP contribution in [0, 0.1) is 6.92 Å². The Labute approximate surface area is 107 Å². The van der Waals surface area contributed by atoms with Gasteiger partial charge in [0.25, 0.3) is 0 Å². The topological polar surface area (TPSA) is 12.5 Å². The number of ether oxygens (including phenoxy) is 1. The van der Waals surface area contributed by atoms with Crippen LogP contribution in [0.15, 0.2) is 24.3 Å². The van der Waals surface area contributed by atoms with Crippen LogP contribution in [-0.4, -0.2) is 31.1 Å². The zero-order valence-electron chi connectivity index (χ0n) is 12.2. The summed E-state index contributed by atoms with van der Waals surface area (Å²) < 4.78 is 5.76. The van der Waals surface area contributed by atoms with Gasteiger partial charge in [0.15, 0.2) is 0 Å². The second-order valence-electron chi connectivity index (χ2n) is 3.78. The third-order valence-corrected chi connectivity index (χ3v) is 2.32. The molecule has 0 bridgehead atoms. The summed E-state index contributed by atoms with van der Waals surface area (Å²) in [6.45, 7) is 12.2. The summed E-state index contributed by atoms with van der Waals surface area (Å²) in [6, 6.07) is 8.22. The van der Waals surface area contributed by atoms with Gasteiger partial charge < -0.3 is 4.74 Å². The zero-order valence-corrected chi connectivity index (χ0v) is 12.2. The molecule has 0 atom stereocenters. The number of hydrogen-bond donors (Lipinski definition) is 0. The maximum atomic E-state index is 5.76. The maximum absolute atomic E-state index is 5.76. The van der Waals surface area contributed by atoms with E-state index in [0.717, 1.165) is 18.8 Å². The fraction of sp³-hybridized carbons (Fsp3) is 0.600. The number of rotatable bonds is 2. The number of aryl methyl sites for hydroxylation is 1. The number of hydrogen-bond acceptors (Lipinski definition) is 2. The minimum atomic E-state index is 0.395. The van der Waals surface area contributed by atoms with E-state index in [9.17, 15) is 0 Å². The summed E-state index contributed by atoms with van der Waals surface area (Å²) in [7, 11) is 2.11. The standard InChI is InChI=1S/C11H15NO.2C2H6/c1-9-4-3-5-10(6-9)13-11-7-12(2)8-11;2*1-2/h3-6,11H,7-8H2,1-2H3;2*1-2H3. The molecule has 1 aliphatic heterocycles. The smallest absolute Gasteiger partial charge is 0.124 e. The van der Waals surface area contributed by atoms with Gasteiger partial charge in [-0.15, -0.1) is 0 Å². The lowest BCUT2D eigenvalue weighted by Gasteiger charge is -2.36. The summed E-state index contributed by atoms with van der Waals surface area (Å²) >= 11 is 0. The van der Waals surface area contributed by atoms with Crippen molar-refractivity contribution in [2.75, 3.05) is 20.1 Å². The summed E-state index contributed by atoms with van der Waals surface area (Å²) in [5, 5.41) is 0.